The first-order valence-electron chi connectivity index (χ1n) is 5.62. The number of nitrogens with one attached hydrogen (secondary N) is 2. The van der Waals surface area contributed by atoms with Gasteiger partial charge in [0.05, 0.1) is 10.4 Å². The Bertz CT molecular complexity index is 855. The number of aromatic amines is 2. The molecule has 0 aliphatic carbocycles. The molecular formula is C12H8N4O3S. The number of hydrogen-bond donors (Lipinski definition) is 2. The Balaban J connectivity index is 1.94. The average molecular weight is 288 g/mol. The molecule has 0 fully saturated rings. The van der Waals surface area contributed by atoms with E-state index in [0.29, 0.717) is 11.2 Å². The van der Waals surface area contributed by atoms with Crippen molar-refractivity contribution in [1.29, 1.82) is 0 Å². The Kier molecular flexibility index (Phi) is 2.99. The van der Waals surface area contributed by atoms with Crippen molar-refractivity contribution < 1.29 is 4.92 Å². The van der Waals surface area contributed by atoms with Crippen molar-refractivity contribution in [3.05, 3.63) is 57.1 Å². The van der Waals surface area contributed by atoms with Crippen LogP contribution in [0.2, 0.25) is 0 Å². The van der Waals surface area contributed by atoms with Crippen molar-refractivity contribution in [3.63, 3.8) is 0 Å². The van der Waals surface area contributed by atoms with Gasteiger partial charge in [-0.1, -0.05) is 17.8 Å². The van der Waals surface area contributed by atoms with Crippen molar-refractivity contribution in [3.8, 4) is 0 Å². The van der Waals surface area contributed by atoms with Gasteiger partial charge in [0, 0.05) is 28.1 Å². The van der Waals surface area contributed by atoms with Crippen molar-refractivity contribution >= 4 is 28.6 Å². The van der Waals surface area contributed by atoms with Gasteiger partial charge in [0.15, 0.2) is 5.65 Å². The van der Waals surface area contributed by atoms with Gasteiger partial charge in [-0.15, -0.1) is 0 Å². The molecule has 1 aromatic carbocycles. The van der Waals surface area contributed by atoms with Crippen molar-refractivity contribution in [2.75, 3.05) is 0 Å². The Morgan fingerprint density at radius 3 is 2.85 bits per heavy atom. The smallest absolute Gasteiger partial charge is 0.304 e. The van der Waals surface area contributed by atoms with E-state index in [1.807, 2.05) is 0 Å². The van der Waals surface area contributed by atoms with Crippen LogP contribution in [-0.2, 0) is 0 Å². The monoisotopic (exact) mass is 288 g/mol. The summed E-state index contributed by atoms with van der Waals surface area (Å²) < 4.78 is 0. The highest BCUT2D eigenvalue weighted by atomic mass is 32.2. The topological polar surface area (TPSA) is 105 Å². The van der Waals surface area contributed by atoms with Gasteiger partial charge in [-0.3, -0.25) is 15.1 Å². The number of imidazole rings is 1. The van der Waals surface area contributed by atoms with Gasteiger partial charge in [-0.2, -0.15) is 0 Å². The summed E-state index contributed by atoms with van der Waals surface area (Å²) in [6, 6.07) is 8.11. The number of hydrogen-bond acceptors (Lipinski definition) is 5. The van der Waals surface area contributed by atoms with Crippen LogP contribution in [0.15, 0.2) is 51.1 Å². The van der Waals surface area contributed by atoms with Gasteiger partial charge in [-0.05, 0) is 12.1 Å². The first-order chi connectivity index (χ1) is 9.61. The second-order valence-electron chi connectivity index (χ2n) is 4.00. The van der Waals surface area contributed by atoms with Gasteiger partial charge in [0.25, 0.3) is 5.69 Å². The molecule has 0 aliphatic rings. The zero-order valence-corrected chi connectivity index (χ0v) is 10.8. The summed E-state index contributed by atoms with van der Waals surface area (Å²) in [6.45, 7) is 0. The van der Waals surface area contributed by atoms with Crippen LogP contribution in [0.25, 0.3) is 11.2 Å². The minimum Gasteiger partial charge on any atom is -0.304 e. The molecule has 7 nitrogen and oxygen atoms in total. The number of nitro benzene ring substituents is 1. The first-order valence-corrected chi connectivity index (χ1v) is 6.44. The average Bonchev–Trinajstić information content (AvgIpc) is 2.78. The van der Waals surface area contributed by atoms with Crippen LogP contribution in [0.5, 0.6) is 0 Å². The molecule has 0 aliphatic heterocycles. The fourth-order valence-electron chi connectivity index (χ4n) is 1.75. The predicted octanol–water partition coefficient (Wildman–Crippen LogP) is 2.31. The predicted molar refractivity (Wildman–Crippen MR) is 73.9 cm³/mol. The molecule has 3 aromatic rings. The van der Waals surface area contributed by atoms with Crippen LogP contribution in [0.3, 0.4) is 0 Å². The van der Waals surface area contributed by atoms with Gasteiger partial charge in [-0.25, -0.2) is 9.78 Å². The molecule has 0 saturated heterocycles. The van der Waals surface area contributed by atoms with Gasteiger partial charge >= 0.3 is 5.69 Å². The number of non-ortho nitro benzene ring substituents is 1. The zero-order valence-electron chi connectivity index (χ0n) is 9.99. The molecule has 100 valence electrons. The minimum absolute atomic E-state index is 0.0408. The normalized spacial score (nSPS) is 10.8. The molecule has 0 radical (unpaired) electrons. The summed E-state index contributed by atoms with van der Waals surface area (Å²) in [5.74, 6) is 0. The number of nitrogens with zero attached hydrogens (tertiary/aromatic N) is 2. The summed E-state index contributed by atoms with van der Waals surface area (Å²) in [4.78, 5) is 32.2. The lowest BCUT2D eigenvalue weighted by Crippen LogP contribution is -1.99. The standard InChI is InChI=1S/C12H8N4O3S/c17-12-14-10-5-9(6-13-11(10)15-12)20-8-3-1-2-7(4-8)16(18)19/h1-6H,(H2,13,14,15,17). The molecule has 0 unspecified atom stereocenters. The quantitative estimate of drug-likeness (QED) is 0.568. The van der Waals surface area contributed by atoms with Crippen molar-refractivity contribution in [1.82, 2.24) is 15.0 Å². The Labute approximate surface area is 116 Å². The van der Waals surface area contributed by atoms with Crippen molar-refractivity contribution in [2.24, 2.45) is 0 Å². The third-order valence-corrected chi connectivity index (χ3v) is 3.56. The highest BCUT2D eigenvalue weighted by molar-refractivity contribution is 7.99. The molecule has 2 heterocycles. The van der Waals surface area contributed by atoms with Crippen LogP contribution in [-0.4, -0.2) is 19.9 Å². The summed E-state index contributed by atoms with van der Waals surface area (Å²) in [5, 5.41) is 10.7. The Hall–Kier alpha value is -2.61. The van der Waals surface area contributed by atoms with Crippen LogP contribution >= 0.6 is 11.8 Å². The zero-order chi connectivity index (χ0) is 14.1. The highest BCUT2D eigenvalue weighted by Gasteiger charge is 2.08. The molecule has 0 bridgehead atoms. The maximum atomic E-state index is 11.1. The van der Waals surface area contributed by atoms with Crippen LogP contribution in [0, 0.1) is 10.1 Å². The van der Waals surface area contributed by atoms with Crippen LogP contribution in [0.4, 0.5) is 5.69 Å². The van der Waals surface area contributed by atoms with E-state index in [9.17, 15) is 14.9 Å². The first kappa shape index (κ1) is 12.4. The lowest BCUT2D eigenvalue weighted by Gasteiger charge is -2.01. The van der Waals surface area contributed by atoms with E-state index in [0.717, 1.165) is 9.79 Å². The van der Waals surface area contributed by atoms with Gasteiger partial charge in [0.2, 0.25) is 0 Å². The van der Waals surface area contributed by atoms with E-state index in [-0.39, 0.29) is 11.4 Å². The molecule has 8 heteroatoms. The third-order valence-electron chi connectivity index (χ3n) is 2.61. The van der Waals surface area contributed by atoms with Crippen LogP contribution < -0.4 is 5.69 Å². The van der Waals surface area contributed by atoms with Crippen molar-refractivity contribution in [2.45, 2.75) is 9.79 Å². The number of H-pyrrole nitrogens is 2. The molecule has 0 amide bonds. The van der Waals surface area contributed by atoms with Crippen LogP contribution in [0.1, 0.15) is 0 Å². The Morgan fingerprint density at radius 2 is 2.05 bits per heavy atom. The number of fused-ring (bicyclic) bond motifs is 1. The van der Waals surface area contributed by atoms with E-state index in [1.165, 1.54) is 23.9 Å². The van der Waals surface area contributed by atoms with E-state index in [4.69, 9.17) is 0 Å². The second kappa shape index (κ2) is 4.82. The molecule has 0 atom stereocenters. The minimum atomic E-state index is -0.435. The van der Waals surface area contributed by atoms with Gasteiger partial charge in [0.1, 0.15) is 0 Å². The number of pyridine rings is 1. The largest absolute Gasteiger partial charge is 0.325 e. The lowest BCUT2D eigenvalue weighted by atomic mass is 10.3. The summed E-state index contributed by atoms with van der Waals surface area (Å²) in [7, 11) is 0. The fraction of sp³-hybridized carbons (Fsp3) is 0. The molecule has 0 saturated carbocycles. The molecule has 2 N–H and O–H groups in total. The van der Waals surface area contributed by atoms with E-state index in [1.54, 1.807) is 24.4 Å². The number of rotatable bonds is 3. The lowest BCUT2D eigenvalue weighted by molar-refractivity contribution is -0.385. The molecule has 2 aromatic heterocycles. The van der Waals surface area contributed by atoms with E-state index >= 15 is 0 Å². The SMILES string of the molecule is O=c1[nH]c2cc(Sc3cccc([N+](=O)[O-])c3)cnc2[nH]1. The fourth-order valence-corrected chi connectivity index (χ4v) is 2.63. The number of aromatic nitrogens is 3. The van der Waals surface area contributed by atoms with Gasteiger partial charge < -0.3 is 4.98 Å². The maximum Gasteiger partial charge on any atom is 0.325 e. The number of benzene rings is 1. The maximum absolute atomic E-state index is 11.1. The Morgan fingerprint density at radius 1 is 1.20 bits per heavy atom. The summed E-state index contributed by atoms with van der Waals surface area (Å²) in [6.07, 6.45) is 1.61. The molecule has 20 heavy (non-hydrogen) atoms. The van der Waals surface area contributed by atoms with E-state index < -0.39 is 4.92 Å². The molecular weight excluding hydrogens is 280 g/mol. The molecule has 3 rings (SSSR count). The molecule has 0 spiro atoms. The summed E-state index contributed by atoms with van der Waals surface area (Å²) in [5.41, 5.74) is 0.813. The summed E-state index contributed by atoms with van der Waals surface area (Å²) >= 11 is 1.34. The van der Waals surface area contributed by atoms with E-state index in [2.05, 4.69) is 15.0 Å². The third kappa shape index (κ3) is 2.41. The highest BCUT2D eigenvalue weighted by Crippen LogP contribution is 2.30. The second-order valence-corrected chi connectivity index (χ2v) is 5.15. The number of nitro groups is 1.